The highest BCUT2D eigenvalue weighted by Crippen LogP contribution is 2.29. The fourth-order valence-corrected chi connectivity index (χ4v) is 4.42. The van der Waals surface area contributed by atoms with Crippen molar-refractivity contribution in [2.45, 2.75) is 47.1 Å². The van der Waals surface area contributed by atoms with E-state index in [1.807, 2.05) is 5.38 Å². The minimum Gasteiger partial charge on any atom is -0.296 e. The zero-order chi connectivity index (χ0) is 22.8. The number of hydrogen-bond donors (Lipinski definition) is 1. The summed E-state index contributed by atoms with van der Waals surface area (Å²) in [5.74, 6) is -0.371. The number of hydrogen-bond acceptors (Lipinski definition) is 5. The molecule has 0 unspecified atom stereocenters. The Hall–Kier alpha value is -3.32. The number of thiazole rings is 1. The van der Waals surface area contributed by atoms with E-state index in [2.05, 4.69) is 55.2 Å². The first-order chi connectivity index (χ1) is 15.4. The largest absolute Gasteiger partial charge is 0.296 e. The third kappa shape index (κ3) is 4.21. The maximum Gasteiger partial charge on any atom is 0.278 e. The van der Waals surface area contributed by atoms with Gasteiger partial charge in [0.25, 0.3) is 11.5 Å². The predicted molar refractivity (Wildman–Crippen MR) is 131 cm³/mol. The first kappa shape index (κ1) is 21.9. The lowest BCUT2D eigenvalue weighted by Crippen LogP contribution is -2.27. The maximum atomic E-state index is 13.2. The summed E-state index contributed by atoms with van der Waals surface area (Å²) in [4.78, 5) is 30.6. The Morgan fingerprint density at radius 2 is 1.78 bits per heavy atom. The Bertz CT molecular complexity index is 1370. The van der Waals surface area contributed by atoms with Gasteiger partial charge in [0.1, 0.15) is 0 Å². The number of nitrogens with zero attached hydrogens (tertiary/aromatic N) is 3. The van der Waals surface area contributed by atoms with Crippen LogP contribution in [0.1, 0.15) is 46.9 Å². The number of nitrogens with one attached hydrogen (secondary N) is 1. The maximum absolute atomic E-state index is 13.2. The number of unbranched alkanes of at least 4 members (excludes halogenated alkanes) is 1. The number of rotatable bonds is 6. The third-order valence-electron chi connectivity index (χ3n) is 5.65. The van der Waals surface area contributed by atoms with Crippen LogP contribution < -0.4 is 10.9 Å². The number of amides is 1. The van der Waals surface area contributed by atoms with Gasteiger partial charge in [-0.05, 0) is 56.0 Å². The quantitative estimate of drug-likeness (QED) is 0.424. The SMILES string of the molecule is CCCCn1nc(C(=O)Nc2nc(-c3cc(C)c(C)cc3C)cs2)c2ccccc2c1=O. The average molecular weight is 447 g/mol. The molecule has 0 aliphatic carbocycles. The van der Waals surface area contributed by atoms with Crippen LogP contribution in [0.3, 0.4) is 0 Å². The van der Waals surface area contributed by atoms with E-state index in [1.54, 1.807) is 24.3 Å². The van der Waals surface area contributed by atoms with E-state index in [0.717, 1.165) is 29.7 Å². The lowest BCUT2D eigenvalue weighted by molar-refractivity contribution is 0.102. The van der Waals surface area contributed by atoms with Crippen LogP contribution in [0.2, 0.25) is 0 Å². The minimum absolute atomic E-state index is 0.174. The summed E-state index contributed by atoms with van der Waals surface area (Å²) in [5, 5.41) is 10.8. The Morgan fingerprint density at radius 3 is 2.53 bits per heavy atom. The Balaban J connectivity index is 1.67. The van der Waals surface area contributed by atoms with Gasteiger partial charge in [-0.3, -0.25) is 14.9 Å². The van der Waals surface area contributed by atoms with Gasteiger partial charge < -0.3 is 0 Å². The van der Waals surface area contributed by atoms with Crippen LogP contribution in [0.15, 0.2) is 46.6 Å². The van der Waals surface area contributed by atoms with Crippen molar-refractivity contribution in [2.24, 2.45) is 0 Å². The molecule has 2 aromatic heterocycles. The van der Waals surface area contributed by atoms with Crippen LogP contribution in [-0.4, -0.2) is 20.7 Å². The number of carbonyl (C=O) groups excluding carboxylic acids is 1. The molecule has 0 aliphatic rings. The lowest BCUT2D eigenvalue weighted by atomic mass is 9.99. The molecule has 2 aromatic carbocycles. The molecule has 1 amide bonds. The van der Waals surface area contributed by atoms with Gasteiger partial charge in [0.15, 0.2) is 10.8 Å². The van der Waals surface area contributed by atoms with E-state index in [-0.39, 0.29) is 17.2 Å². The molecule has 32 heavy (non-hydrogen) atoms. The van der Waals surface area contributed by atoms with Gasteiger partial charge in [0, 0.05) is 22.9 Å². The number of aromatic nitrogens is 3. The fourth-order valence-electron chi connectivity index (χ4n) is 3.71. The number of benzene rings is 2. The zero-order valence-electron chi connectivity index (χ0n) is 18.7. The van der Waals surface area contributed by atoms with Crippen molar-refractivity contribution in [1.29, 1.82) is 0 Å². The van der Waals surface area contributed by atoms with Crippen molar-refractivity contribution < 1.29 is 4.79 Å². The zero-order valence-corrected chi connectivity index (χ0v) is 19.5. The molecule has 1 N–H and O–H groups in total. The Morgan fingerprint density at radius 1 is 1.06 bits per heavy atom. The molecule has 0 atom stereocenters. The highest BCUT2D eigenvalue weighted by atomic mass is 32.1. The van der Waals surface area contributed by atoms with Crippen LogP contribution >= 0.6 is 11.3 Å². The summed E-state index contributed by atoms with van der Waals surface area (Å²) in [6.45, 7) is 8.77. The van der Waals surface area contributed by atoms with E-state index in [0.29, 0.717) is 22.4 Å². The summed E-state index contributed by atoms with van der Waals surface area (Å²) < 4.78 is 1.40. The third-order valence-corrected chi connectivity index (χ3v) is 6.41. The lowest BCUT2D eigenvalue weighted by Gasteiger charge is -2.10. The number of anilines is 1. The molecule has 0 saturated heterocycles. The molecule has 0 bridgehead atoms. The van der Waals surface area contributed by atoms with Crippen molar-refractivity contribution in [3.05, 3.63) is 74.5 Å². The average Bonchev–Trinajstić information content (AvgIpc) is 3.24. The van der Waals surface area contributed by atoms with Gasteiger partial charge in [-0.15, -0.1) is 11.3 Å². The van der Waals surface area contributed by atoms with E-state index in [4.69, 9.17) is 0 Å². The second-order valence-corrected chi connectivity index (χ2v) is 8.88. The molecule has 7 heteroatoms. The molecule has 4 aromatic rings. The van der Waals surface area contributed by atoms with Gasteiger partial charge in [-0.25, -0.2) is 9.67 Å². The Labute approximate surface area is 190 Å². The smallest absolute Gasteiger partial charge is 0.278 e. The van der Waals surface area contributed by atoms with Crippen molar-refractivity contribution >= 4 is 33.1 Å². The van der Waals surface area contributed by atoms with Crippen LogP contribution in [-0.2, 0) is 6.54 Å². The van der Waals surface area contributed by atoms with Gasteiger partial charge in [-0.2, -0.15) is 5.10 Å². The van der Waals surface area contributed by atoms with E-state index in [9.17, 15) is 9.59 Å². The van der Waals surface area contributed by atoms with E-state index >= 15 is 0 Å². The predicted octanol–water partition coefficient (Wildman–Crippen LogP) is 5.50. The second kappa shape index (κ2) is 9.04. The minimum atomic E-state index is -0.371. The summed E-state index contributed by atoms with van der Waals surface area (Å²) >= 11 is 1.37. The molecule has 0 spiro atoms. The number of carbonyl (C=O) groups is 1. The summed E-state index contributed by atoms with van der Waals surface area (Å²) in [5.41, 5.74) is 5.54. The van der Waals surface area contributed by atoms with Crippen molar-refractivity contribution in [2.75, 3.05) is 5.32 Å². The van der Waals surface area contributed by atoms with Crippen LogP contribution in [0.5, 0.6) is 0 Å². The fraction of sp³-hybridized carbons (Fsp3) is 0.280. The number of aryl methyl sites for hydroxylation is 4. The Kier molecular flexibility index (Phi) is 6.19. The molecule has 6 nitrogen and oxygen atoms in total. The number of fused-ring (bicyclic) bond motifs is 1. The van der Waals surface area contributed by atoms with Crippen molar-refractivity contribution in [1.82, 2.24) is 14.8 Å². The highest BCUT2D eigenvalue weighted by Gasteiger charge is 2.18. The molecule has 4 rings (SSSR count). The topological polar surface area (TPSA) is 76.9 Å². The molecule has 0 aliphatic heterocycles. The summed E-state index contributed by atoms with van der Waals surface area (Å²) in [6.07, 6.45) is 1.75. The molecule has 0 radical (unpaired) electrons. The standard InChI is InChI=1S/C25H26N4O2S/c1-5-6-11-29-24(31)19-10-8-7-9-18(19)22(28-29)23(30)27-25-26-21(14-32-25)20-13-16(3)15(2)12-17(20)4/h7-10,12-14H,5-6,11H2,1-4H3,(H,26,27,30). The monoisotopic (exact) mass is 446 g/mol. The molecule has 2 heterocycles. The van der Waals surface area contributed by atoms with Crippen LogP contribution in [0.25, 0.3) is 22.0 Å². The van der Waals surface area contributed by atoms with Crippen molar-refractivity contribution in [3.8, 4) is 11.3 Å². The molecular weight excluding hydrogens is 420 g/mol. The van der Waals surface area contributed by atoms with E-state index < -0.39 is 0 Å². The second-order valence-electron chi connectivity index (χ2n) is 8.02. The summed E-state index contributed by atoms with van der Waals surface area (Å²) in [7, 11) is 0. The molecule has 0 fully saturated rings. The summed E-state index contributed by atoms with van der Waals surface area (Å²) in [6, 6.07) is 11.4. The van der Waals surface area contributed by atoms with Crippen LogP contribution in [0, 0.1) is 20.8 Å². The van der Waals surface area contributed by atoms with Gasteiger partial charge in [0.2, 0.25) is 0 Å². The normalized spacial score (nSPS) is 11.1. The van der Waals surface area contributed by atoms with Gasteiger partial charge in [0.05, 0.1) is 11.1 Å². The molecular formula is C25H26N4O2S. The first-order valence-electron chi connectivity index (χ1n) is 10.7. The molecule has 164 valence electrons. The van der Waals surface area contributed by atoms with Crippen molar-refractivity contribution in [3.63, 3.8) is 0 Å². The molecule has 0 saturated carbocycles. The van der Waals surface area contributed by atoms with Crippen LogP contribution in [0.4, 0.5) is 5.13 Å². The van der Waals surface area contributed by atoms with Gasteiger partial charge in [-0.1, -0.05) is 37.6 Å². The highest BCUT2D eigenvalue weighted by molar-refractivity contribution is 7.14. The van der Waals surface area contributed by atoms with Gasteiger partial charge >= 0.3 is 0 Å². The van der Waals surface area contributed by atoms with E-state index in [1.165, 1.54) is 27.1 Å². The first-order valence-corrected chi connectivity index (χ1v) is 11.6.